The van der Waals surface area contributed by atoms with Gasteiger partial charge in [-0.25, -0.2) is 0 Å². The summed E-state index contributed by atoms with van der Waals surface area (Å²) in [4.78, 5) is 0. The fourth-order valence-electron chi connectivity index (χ4n) is 9.46. The van der Waals surface area contributed by atoms with Gasteiger partial charge in [0.1, 0.15) is 0 Å². The fourth-order valence-corrected chi connectivity index (χ4v) is 9.46. The van der Waals surface area contributed by atoms with E-state index in [2.05, 4.69) is 41.5 Å². The molecule has 168 valence electrons. The molecule has 1 N–H and O–H groups in total. The van der Waals surface area contributed by atoms with Gasteiger partial charge in [0.05, 0.1) is 5.60 Å². The second kappa shape index (κ2) is 7.83. The van der Waals surface area contributed by atoms with Crippen LogP contribution in [-0.2, 0) is 0 Å². The van der Waals surface area contributed by atoms with Crippen LogP contribution in [-0.4, -0.2) is 10.7 Å². The van der Waals surface area contributed by atoms with E-state index in [9.17, 15) is 5.11 Å². The molecule has 4 fully saturated rings. The maximum Gasteiger partial charge on any atom is 0.0622 e. The highest BCUT2D eigenvalue weighted by Crippen LogP contribution is 2.68. The molecular formula is C28H50O. The second-order valence-electron chi connectivity index (χ2n) is 13.4. The molecule has 0 spiro atoms. The molecule has 0 aromatic rings. The van der Waals surface area contributed by atoms with Gasteiger partial charge in [-0.05, 0) is 117 Å². The van der Waals surface area contributed by atoms with Gasteiger partial charge in [0.25, 0.3) is 0 Å². The van der Waals surface area contributed by atoms with Crippen LogP contribution in [0.25, 0.3) is 0 Å². The summed E-state index contributed by atoms with van der Waals surface area (Å²) in [6.45, 7) is 14.8. The van der Waals surface area contributed by atoms with Crippen LogP contribution in [0, 0.1) is 52.3 Å². The van der Waals surface area contributed by atoms with Gasteiger partial charge < -0.3 is 5.11 Å². The van der Waals surface area contributed by atoms with Crippen LogP contribution >= 0.6 is 0 Å². The van der Waals surface area contributed by atoms with Crippen LogP contribution in [0.15, 0.2) is 0 Å². The molecule has 7 unspecified atom stereocenters. The summed E-state index contributed by atoms with van der Waals surface area (Å²) in [6.07, 6.45) is 16.5. The summed E-state index contributed by atoms with van der Waals surface area (Å²) >= 11 is 0. The third-order valence-corrected chi connectivity index (χ3v) is 11.2. The predicted octanol–water partition coefficient (Wildman–Crippen LogP) is 7.86. The van der Waals surface area contributed by atoms with E-state index in [1.165, 1.54) is 64.2 Å². The van der Waals surface area contributed by atoms with Crippen molar-refractivity contribution in [1.82, 2.24) is 0 Å². The summed E-state index contributed by atoms with van der Waals surface area (Å²) < 4.78 is 0. The van der Waals surface area contributed by atoms with E-state index in [1.807, 2.05) is 0 Å². The first-order chi connectivity index (χ1) is 13.6. The molecule has 1 heteroatoms. The highest BCUT2D eigenvalue weighted by Gasteiger charge is 2.61. The Morgan fingerprint density at radius 1 is 0.793 bits per heavy atom. The number of hydrogen-bond donors (Lipinski definition) is 1. The van der Waals surface area contributed by atoms with E-state index in [1.54, 1.807) is 0 Å². The molecule has 0 aliphatic heterocycles. The van der Waals surface area contributed by atoms with Crippen molar-refractivity contribution in [2.45, 2.75) is 124 Å². The maximum atomic E-state index is 10.7. The summed E-state index contributed by atoms with van der Waals surface area (Å²) in [5.74, 6) is 6.41. The molecule has 29 heavy (non-hydrogen) atoms. The number of rotatable bonds is 5. The molecule has 0 aromatic heterocycles. The first-order valence-electron chi connectivity index (χ1n) is 13.3. The summed E-state index contributed by atoms with van der Waals surface area (Å²) in [7, 11) is 0. The molecule has 4 saturated carbocycles. The molecular weight excluding hydrogens is 352 g/mol. The zero-order valence-corrected chi connectivity index (χ0v) is 20.5. The van der Waals surface area contributed by atoms with Crippen molar-refractivity contribution in [2.24, 2.45) is 52.3 Å². The average Bonchev–Trinajstić information content (AvgIpc) is 2.99. The number of aliphatic hydroxyl groups is 1. The van der Waals surface area contributed by atoms with E-state index >= 15 is 0 Å². The second-order valence-corrected chi connectivity index (χ2v) is 13.4. The smallest absolute Gasteiger partial charge is 0.0622 e. The molecule has 0 saturated heterocycles. The first-order valence-corrected chi connectivity index (χ1v) is 13.3. The zero-order chi connectivity index (χ0) is 21.0. The van der Waals surface area contributed by atoms with E-state index < -0.39 is 5.60 Å². The van der Waals surface area contributed by atoms with Crippen molar-refractivity contribution >= 4 is 0 Å². The molecule has 0 radical (unpaired) electrons. The van der Waals surface area contributed by atoms with Gasteiger partial charge in [-0.2, -0.15) is 0 Å². The largest absolute Gasteiger partial charge is 0.390 e. The summed E-state index contributed by atoms with van der Waals surface area (Å²) in [5, 5.41) is 10.7. The van der Waals surface area contributed by atoms with E-state index in [0.717, 1.165) is 54.3 Å². The van der Waals surface area contributed by atoms with Gasteiger partial charge in [-0.15, -0.1) is 0 Å². The van der Waals surface area contributed by atoms with Crippen LogP contribution in [0.2, 0.25) is 0 Å². The minimum absolute atomic E-state index is 0.399. The molecule has 9 atom stereocenters. The monoisotopic (exact) mass is 402 g/mol. The predicted molar refractivity (Wildman–Crippen MR) is 124 cm³/mol. The van der Waals surface area contributed by atoms with Gasteiger partial charge in [0.2, 0.25) is 0 Å². The topological polar surface area (TPSA) is 20.2 Å². The summed E-state index contributed by atoms with van der Waals surface area (Å²) in [5.41, 5.74) is 0.722. The number of fused-ring (bicyclic) bond motifs is 5. The van der Waals surface area contributed by atoms with Gasteiger partial charge >= 0.3 is 0 Å². The molecule has 4 rings (SSSR count). The Morgan fingerprint density at radius 2 is 1.52 bits per heavy atom. The van der Waals surface area contributed by atoms with Crippen molar-refractivity contribution in [1.29, 1.82) is 0 Å². The Labute approximate surface area is 181 Å². The first kappa shape index (κ1) is 22.2. The zero-order valence-electron chi connectivity index (χ0n) is 20.5. The number of hydrogen-bond acceptors (Lipinski definition) is 1. The van der Waals surface area contributed by atoms with Gasteiger partial charge in [-0.3, -0.25) is 0 Å². The van der Waals surface area contributed by atoms with Crippen molar-refractivity contribution in [2.75, 3.05) is 0 Å². The highest BCUT2D eigenvalue weighted by atomic mass is 16.3. The highest BCUT2D eigenvalue weighted by molar-refractivity contribution is 5.10. The minimum atomic E-state index is -0.399. The Kier molecular flexibility index (Phi) is 5.98. The van der Waals surface area contributed by atoms with Gasteiger partial charge in [0.15, 0.2) is 0 Å². The van der Waals surface area contributed by atoms with Crippen molar-refractivity contribution in [3.8, 4) is 0 Å². The lowest BCUT2D eigenvalue weighted by Gasteiger charge is -2.62. The van der Waals surface area contributed by atoms with Crippen LogP contribution in [0.4, 0.5) is 0 Å². The molecule has 0 heterocycles. The van der Waals surface area contributed by atoms with Crippen molar-refractivity contribution in [3.05, 3.63) is 0 Å². The van der Waals surface area contributed by atoms with Gasteiger partial charge in [-0.1, -0.05) is 53.9 Å². The quantitative estimate of drug-likeness (QED) is 0.496. The Hall–Kier alpha value is -0.0400. The lowest BCUT2D eigenvalue weighted by Crippen LogP contribution is -2.55. The van der Waals surface area contributed by atoms with Crippen LogP contribution in [0.3, 0.4) is 0 Å². The standard InChI is InChI=1S/C28H50O/c1-19(2)8-7-9-20(3)23-12-13-24-22-11-10-21-18-26(4,29)16-17-27(21,5)25(22)14-15-28(23,24)6/h19-25,29H,7-18H2,1-6H3/t20?,21-,22?,23?,24?,25?,26-,27?,28?/m0/s1. The Bertz CT molecular complexity index is 579. The fraction of sp³-hybridized carbons (Fsp3) is 1.00. The Morgan fingerprint density at radius 3 is 2.24 bits per heavy atom. The third kappa shape index (κ3) is 3.85. The molecule has 1 nitrogen and oxygen atoms in total. The van der Waals surface area contributed by atoms with E-state index in [0.29, 0.717) is 10.8 Å². The lowest BCUT2D eigenvalue weighted by atomic mass is 9.43. The molecule has 0 bridgehead atoms. The normalized spacial score (nSPS) is 50.7. The van der Waals surface area contributed by atoms with E-state index in [-0.39, 0.29) is 0 Å². The molecule has 4 aliphatic carbocycles. The third-order valence-electron chi connectivity index (χ3n) is 11.2. The van der Waals surface area contributed by atoms with Crippen LogP contribution < -0.4 is 0 Å². The van der Waals surface area contributed by atoms with Crippen LogP contribution in [0.1, 0.15) is 119 Å². The maximum absolute atomic E-state index is 10.7. The minimum Gasteiger partial charge on any atom is -0.390 e. The molecule has 4 aliphatic rings. The average molecular weight is 403 g/mol. The Balaban J connectivity index is 1.46. The van der Waals surface area contributed by atoms with Gasteiger partial charge in [0, 0.05) is 0 Å². The van der Waals surface area contributed by atoms with Crippen molar-refractivity contribution in [3.63, 3.8) is 0 Å². The molecule has 0 aromatic carbocycles. The SMILES string of the molecule is CC(C)CCCC(C)C1CCC2C3CC[C@H]4C[C@@](C)(O)CCC4(C)C3CCC12C. The summed E-state index contributed by atoms with van der Waals surface area (Å²) in [6, 6.07) is 0. The lowest BCUT2D eigenvalue weighted by molar-refractivity contribution is -0.148. The molecule has 0 amide bonds. The van der Waals surface area contributed by atoms with Crippen LogP contribution in [0.5, 0.6) is 0 Å². The van der Waals surface area contributed by atoms with Crippen molar-refractivity contribution < 1.29 is 5.11 Å². The van der Waals surface area contributed by atoms with E-state index in [4.69, 9.17) is 0 Å².